The molecule has 0 radical (unpaired) electrons. The van der Waals surface area contributed by atoms with Gasteiger partial charge in [0, 0.05) is 0 Å². The summed E-state index contributed by atoms with van der Waals surface area (Å²) in [6.45, 7) is 1.75. The van der Waals surface area contributed by atoms with E-state index in [1.54, 1.807) is 6.92 Å². The lowest BCUT2D eigenvalue weighted by Gasteiger charge is -2.07. The van der Waals surface area contributed by atoms with Gasteiger partial charge in [0.2, 0.25) is 0 Å². The van der Waals surface area contributed by atoms with Gasteiger partial charge in [0.15, 0.2) is 5.03 Å². The standard InChI is InChI=1S/C10H11N5O4S/c1-2-19-10(16)8-5-13-14-9(8)20(17,18)15-7-3-11-6-12-4-7/h3-6,15H,2H2,1H3,(H,13,14). The van der Waals surface area contributed by atoms with Gasteiger partial charge in [-0.15, -0.1) is 0 Å². The molecule has 0 fully saturated rings. The Kier molecular flexibility index (Phi) is 3.94. The van der Waals surface area contributed by atoms with E-state index < -0.39 is 16.0 Å². The molecule has 106 valence electrons. The molecule has 0 atom stereocenters. The SMILES string of the molecule is CCOC(=O)c1cn[nH]c1S(=O)(=O)Nc1cncnc1. The summed E-state index contributed by atoms with van der Waals surface area (Å²) in [4.78, 5) is 19.0. The van der Waals surface area contributed by atoms with Crippen LogP contribution in [-0.2, 0) is 14.8 Å². The Morgan fingerprint density at radius 2 is 2.05 bits per heavy atom. The van der Waals surface area contributed by atoms with Crippen LogP contribution in [0.1, 0.15) is 17.3 Å². The van der Waals surface area contributed by atoms with Crippen LogP contribution in [0.15, 0.2) is 29.9 Å². The number of anilines is 1. The quantitative estimate of drug-likeness (QED) is 0.753. The van der Waals surface area contributed by atoms with Gasteiger partial charge in [-0.2, -0.15) is 13.5 Å². The van der Waals surface area contributed by atoms with Crippen LogP contribution >= 0.6 is 0 Å². The monoisotopic (exact) mass is 297 g/mol. The second-order valence-electron chi connectivity index (χ2n) is 3.57. The lowest BCUT2D eigenvalue weighted by molar-refractivity contribution is 0.0522. The predicted octanol–water partition coefficient (Wildman–Crippen LogP) is 0.177. The van der Waals surface area contributed by atoms with Gasteiger partial charge < -0.3 is 4.74 Å². The van der Waals surface area contributed by atoms with Crippen molar-refractivity contribution in [3.63, 3.8) is 0 Å². The number of nitrogens with one attached hydrogen (secondary N) is 2. The Labute approximate surface area is 114 Å². The Bertz CT molecular complexity index is 697. The van der Waals surface area contributed by atoms with E-state index >= 15 is 0 Å². The lowest BCUT2D eigenvalue weighted by atomic mass is 10.4. The molecule has 10 heteroatoms. The number of aromatic amines is 1. The lowest BCUT2D eigenvalue weighted by Crippen LogP contribution is -2.17. The summed E-state index contributed by atoms with van der Waals surface area (Å²) in [5, 5.41) is 5.45. The maximum atomic E-state index is 12.1. The molecule has 2 aromatic rings. The molecule has 20 heavy (non-hydrogen) atoms. The summed E-state index contributed by atoms with van der Waals surface area (Å²) in [6.07, 6.45) is 4.92. The van der Waals surface area contributed by atoms with Gasteiger partial charge in [-0.3, -0.25) is 9.82 Å². The van der Waals surface area contributed by atoms with Crippen LogP contribution in [0.3, 0.4) is 0 Å². The third-order valence-electron chi connectivity index (χ3n) is 2.18. The second-order valence-corrected chi connectivity index (χ2v) is 5.19. The van der Waals surface area contributed by atoms with Crippen LogP contribution in [0.25, 0.3) is 0 Å². The van der Waals surface area contributed by atoms with Crippen molar-refractivity contribution < 1.29 is 17.9 Å². The van der Waals surface area contributed by atoms with Crippen LogP contribution in [0, 0.1) is 0 Å². The van der Waals surface area contributed by atoms with E-state index in [4.69, 9.17) is 4.74 Å². The minimum atomic E-state index is -4.01. The third kappa shape index (κ3) is 2.91. The van der Waals surface area contributed by atoms with Crippen molar-refractivity contribution in [2.75, 3.05) is 11.3 Å². The number of sulfonamides is 1. The molecule has 0 aliphatic rings. The third-order valence-corrected chi connectivity index (χ3v) is 3.53. The van der Waals surface area contributed by atoms with Crippen LogP contribution in [0.2, 0.25) is 0 Å². The highest BCUT2D eigenvalue weighted by atomic mass is 32.2. The van der Waals surface area contributed by atoms with E-state index in [1.165, 1.54) is 18.7 Å². The van der Waals surface area contributed by atoms with Crippen LogP contribution in [-0.4, -0.2) is 41.2 Å². The van der Waals surface area contributed by atoms with Gasteiger partial charge >= 0.3 is 5.97 Å². The van der Waals surface area contributed by atoms with Gasteiger partial charge in [-0.25, -0.2) is 14.8 Å². The first-order valence-corrected chi connectivity index (χ1v) is 7.01. The number of H-pyrrole nitrogens is 1. The molecule has 0 spiro atoms. The molecule has 0 saturated carbocycles. The fourth-order valence-corrected chi connectivity index (χ4v) is 2.51. The first-order valence-electron chi connectivity index (χ1n) is 5.53. The van der Waals surface area contributed by atoms with Crippen LogP contribution in [0.5, 0.6) is 0 Å². The van der Waals surface area contributed by atoms with Crippen LogP contribution < -0.4 is 4.72 Å². The highest BCUT2D eigenvalue weighted by molar-refractivity contribution is 7.92. The molecule has 2 N–H and O–H groups in total. The number of esters is 1. The Morgan fingerprint density at radius 1 is 1.35 bits per heavy atom. The number of aromatic nitrogens is 4. The fraction of sp³-hybridized carbons (Fsp3) is 0.200. The molecule has 2 aromatic heterocycles. The number of hydrogen-bond acceptors (Lipinski definition) is 7. The van der Waals surface area contributed by atoms with Crippen molar-refractivity contribution in [3.8, 4) is 0 Å². The van der Waals surface area contributed by atoms with Crippen molar-refractivity contribution in [2.45, 2.75) is 11.9 Å². The van der Waals surface area contributed by atoms with Crippen LogP contribution in [0.4, 0.5) is 5.69 Å². The van der Waals surface area contributed by atoms with Crippen molar-refractivity contribution in [3.05, 3.63) is 30.5 Å². The maximum absolute atomic E-state index is 12.1. The molecule has 0 bridgehead atoms. The van der Waals surface area contributed by atoms with E-state index in [0.29, 0.717) is 0 Å². The zero-order valence-corrected chi connectivity index (χ0v) is 11.2. The highest BCUT2D eigenvalue weighted by Crippen LogP contribution is 2.17. The van der Waals surface area contributed by atoms with Gasteiger partial charge in [0.05, 0.1) is 30.9 Å². The number of nitrogens with zero attached hydrogens (tertiary/aromatic N) is 3. The Morgan fingerprint density at radius 3 is 2.70 bits per heavy atom. The molecule has 0 unspecified atom stereocenters. The van der Waals surface area contributed by atoms with E-state index in [1.807, 2.05) is 0 Å². The summed E-state index contributed by atoms with van der Waals surface area (Å²) in [5.74, 6) is -0.772. The average molecular weight is 297 g/mol. The Hall–Kier alpha value is -2.49. The molecule has 0 aromatic carbocycles. The van der Waals surface area contributed by atoms with Gasteiger partial charge in [-0.05, 0) is 6.92 Å². The van der Waals surface area contributed by atoms with E-state index in [9.17, 15) is 13.2 Å². The number of carbonyl (C=O) groups excluding carboxylic acids is 1. The molecular weight excluding hydrogens is 286 g/mol. The predicted molar refractivity (Wildman–Crippen MR) is 67.4 cm³/mol. The van der Waals surface area contributed by atoms with E-state index in [2.05, 4.69) is 24.9 Å². The second kappa shape index (κ2) is 5.65. The van der Waals surface area contributed by atoms with E-state index in [0.717, 1.165) is 6.20 Å². The zero-order chi connectivity index (χ0) is 14.6. The normalized spacial score (nSPS) is 11.1. The maximum Gasteiger partial charge on any atom is 0.342 e. The molecule has 0 amide bonds. The molecule has 2 rings (SSSR count). The molecule has 0 saturated heterocycles. The van der Waals surface area contributed by atoms with Crippen molar-refractivity contribution >= 4 is 21.7 Å². The summed E-state index contributed by atoms with van der Waals surface area (Å²) >= 11 is 0. The highest BCUT2D eigenvalue weighted by Gasteiger charge is 2.26. The molecular formula is C10H11N5O4S. The van der Waals surface area contributed by atoms with Gasteiger partial charge in [-0.1, -0.05) is 0 Å². The molecule has 0 aliphatic heterocycles. The minimum absolute atomic E-state index is 0.128. The first-order chi connectivity index (χ1) is 9.54. The number of hydrogen-bond donors (Lipinski definition) is 2. The topological polar surface area (TPSA) is 127 Å². The number of carbonyl (C=O) groups is 1. The summed E-state index contributed by atoms with van der Waals surface area (Å²) in [6, 6.07) is 0. The first kappa shape index (κ1) is 13.9. The average Bonchev–Trinajstić information content (AvgIpc) is 2.90. The number of ether oxygens (including phenoxy) is 1. The Balaban J connectivity index is 2.31. The van der Waals surface area contributed by atoms with Crippen molar-refractivity contribution in [1.82, 2.24) is 20.2 Å². The fourth-order valence-electron chi connectivity index (χ4n) is 1.39. The molecule has 0 aliphatic carbocycles. The van der Waals surface area contributed by atoms with Gasteiger partial charge in [0.25, 0.3) is 10.0 Å². The number of rotatable bonds is 5. The molecule has 9 nitrogen and oxygen atoms in total. The van der Waals surface area contributed by atoms with Crippen molar-refractivity contribution in [1.29, 1.82) is 0 Å². The molecule has 2 heterocycles. The largest absolute Gasteiger partial charge is 0.462 e. The van der Waals surface area contributed by atoms with E-state index in [-0.39, 0.29) is 22.9 Å². The smallest absolute Gasteiger partial charge is 0.342 e. The van der Waals surface area contributed by atoms with Gasteiger partial charge in [0.1, 0.15) is 11.9 Å². The summed E-state index contributed by atoms with van der Waals surface area (Å²) in [5.41, 5.74) is -0.00638. The summed E-state index contributed by atoms with van der Waals surface area (Å²) in [7, 11) is -4.01. The zero-order valence-electron chi connectivity index (χ0n) is 10.4. The van der Waals surface area contributed by atoms with Crippen molar-refractivity contribution in [2.24, 2.45) is 0 Å². The summed E-state index contributed by atoms with van der Waals surface area (Å²) < 4.78 is 31.3. The minimum Gasteiger partial charge on any atom is -0.462 e.